The Hall–Kier alpha value is -4.19. The Bertz CT molecular complexity index is 1610. The van der Waals surface area contributed by atoms with Gasteiger partial charge in [-0.1, -0.05) is 55.5 Å². The van der Waals surface area contributed by atoms with E-state index in [0.29, 0.717) is 18.8 Å². The van der Waals surface area contributed by atoms with Crippen LogP contribution in [-0.2, 0) is 24.2 Å². The third kappa shape index (κ3) is 3.88. The average Bonchev–Trinajstić information content (AvgIpc) is 3.40. The second-order valence-corrected chi connectivity index (χ2v) is 9.05. The minimum absolute atomic E-state index is 0.360. The number of hydrogen-bond acceptors (Lipinski definition) is 4. The maximum absolute atomic E-state index is 12.9. The molecule has 0 saturated heterocycles. The van der Waals surface area contributed by atoms with Gasteiger partial charge in [0.15, 0.2) is 5.65 Å². The molecule has 0 radical (unpaired) electrons. The van der Waals surface area contributed by atoms with E-state index in [1.54, 1.807) is 6.08 Å². The molecule has 36 heavy (non-hydrogen) atoms. The molecule has 0 spiro atoms. The summed E-state index contributed by atoms with van der Waals surface area (Å²) < 4.78 is 9.36. The third-order valence-electron chi connectivity index (χ3n) is 6.66. The summed E-state index contributed by atoms with van der Waals surface area (Å²) in [6.45, 7) is 11.3. The van der Waals surface area contributed by atoms with E-state index in [1.807, 2.05) is 35.8 Å². The number of nitrogens with zero attached hydrogens (tertiary/aromatic N) is 4. The van der Waals surface area contributed by atoms with Crippen LogP contribution in [0.1, 0.15) is 40.1 Å². The number of aromatic nitrogens is 4. The molecule has 0 saturated carbocycles. The lowest BCUT2D eigenvalue weighted by atomic mass is 10.0. The highest BCUT2D eigenvalue weighted by atomic mass is 16.5. The summed E-state index contributed by atoms with van der Waals surface area (Å²) in [7, 11) is 1.42. The first-order valence-electron chi connectivity index (χ1n) is 12.2. The number of fused-ring (bicyclic) bond motifs is 2. The number of pyridine rings is 1. The maximum atomic E-state index is 12.9. The lowest BCUT2D eigenvalue weighted by Gasteiger charge is -2.11. The van der Waals surface area contributed by atoms with Gasteiger partial charge in [-0.3, -0.25) is 0 Å². The molecule has 6 heteroatoms. The van der Waals surface area contributed by atoms with Gasteiger partial charge in [0.1, 0.15) is 17.0 Å². The Balaban J connectivity index is 1.60. The fraction of sp³-hybridized carbons (Fsp3) is 0.233. The van der Waals surface area contributed by atoms with Crippen LogP contribution in [0.2, 0.25) is 0 Å². The average molecular weight is 479 g/mol. The van der Waals surface area contributed by atoms with Gasteiger partial charge < -0.3 is 13.9 Å². The van der Waals surface area contributed by atoms with Crippen molar-refractivity contribution in [1.29, 1.82) is 0 Å². The first-order valence-corrected chi connectivity index (χ1v) is 12.2. The van der Waals surface area contributed by atoms with Crippen LogP contribution in [0.5, 0.6) is 0 Å². The molecular formula is C30H30N4O2. The summed E-state index contributed by atoms with van der Waals surface area (Å²) in [5, 5.41) is 1.01. The number of hydrogen-bond donors (Lipinski definition) is 0. The zero-order valence-electron chi connectivity index (χ0n) is 21.2. The first kappa shape index (κ1) is 23.5. The van der Waals surface area contributed by atoms with Gasteiger partial charge in [-0.15, -0.1) is 6.58 Å². The van der Waals surface area contributed by atoms with E-state index in [9.17, 15) is 4.79 Å². The molecule has 0 aliphatic carbocycles. The molecule has 5 rings (SSSR count). The van der Waals surface area contributed by atoms with E-state index in [2.05, 4.69) is 55.3 Å². The third-order valence-corrected chi connectivity index (χ3v) is 6.66. The number of methoxy groups -OCH3 is 1. The minimum atomic E-state index is -0.360. The molecule has 182 valence electrons. The van der Waals surface area contributed by atoms with Gasteiger partial charge in [0.2, 0.25) is 0 Å². The predicted octanol–water partition coefficient (Wildman–Crippen LogP) is 6.25. The van der Waals surface area contributed by atoms with E-state index < -0.39 is 0 Å². The van der Waals surface area contributed by atoms with Crippen LogP contribution in [0.4, 0.5) is 0 Å². The summed E-state index contributed by atoms with van der Waals surface area (Å²) in [4.78, 5) is 22.6. The largest absolute Gasteiger partial charge is 0.464 e. The number of carbonyl (C=O) groups is 1. The molecule has 6 nitrogen and oxygen atoms in total. The molecule has 0 aliphatic rings. The Morgan fingerprint density at radius 2 is 1.81 bits per heavy atom. The summed E-state index contributed by atoms with van der Waals surface area (Å²) in [6, 6.07) is 18.5. The number of ether oxygens (including phenoxy) is 1. The zero-order valence-corrected chi connectivity index (χ0v) is 21.2. The predicted molar refractivity (Wildman–Crippen MR) is 144 cm³/mol. The fourth-order valence-corrected chi connectivity index (χ4v) is 5.07. The van der Waals surface area contributed by atoms with Crippen molar-refractivity contribution < 1.29 is 9.53 Å². The van der Waals surface area contributed by atoms with E-state index in [0.717, 1.165) is 62.3 Å². The minimum Gasteiger partial charge on any atom is -0.464 e. The molecule has 0 fully saturated rings. The number of benzene rings is 2. The highest BCUT2D eigenvalue weighted by molar-refractivity contribution is 6.08. The van der Waals surface area contributed by atoms with Gasteiger partial charge in [-0.25, -0.2) is 14.8 Å². The molecule has 5 aromatic rings. The van der Waals surface area contributed by atoms with Crippen LogP contribution in [0, 0.1) is 13.8 Å². The SMILES string of the molecule is C=CCn1c(C(=O)OC)c(-c2ccc(Cn3c(CC)nc4c(C)cc(C)nc43)cc2)c2ccccc21. The highest BCUT2D eigenvalue weighted by Gasteiger charge is 2.24. The zero-order chi connectivity index (χ0) is 25.4. The molecule has 3 aromatic heterocycles. The van der Waals surface area contributed by atoms with E-state index in [1.165, 1.54) is 7.11 Å². The van der Waals surface area contributed by atoms with E-state index >= 15 is 0 Å². The van der Waals surface area contributed by atoms with Crippen LogP contribution >= 0.6 is 0 Å². The lowest BCUT2D eigenvalue weighted by molar-refractivity contribution is 0.0590. The molecule has 3 heterocycles. The summed E-state index contributed by atoms with van der Waals surface area (Å²) in [6.07, 6.45) is 2.63. The molecule has 0 bridgehead atoms. The summed E-state index contributed by atoms with van der Waals surface area (Å²) in [5.74, 6) is 0.664. The fourth-order valence-electron chi connectivity index (χ4n) is 5.07. The van der Waals surface area contributed by atoms with Gasteiger partial charge in [-0.05, 0) is 42.7 Å². The lowest BCUT2D eigenvalue weighted by Crippen LogP contribution is -2.11. The van der Waals surface area contributed by atoms with E-state index in [-0.39, 0.29) is 5.97 Å². The van der Waals surface area contributed by atoms with Crippen molar-refractivity contribution in [3.05, 3.63) is 95.6 Å². The van der Waals surface area contributed by atoms with Crippen LogP contribution in [0.15, 0.2) is 67.3 Å². The molecule has 0 unspecified atom stereocenters. The number of carbonyl (C=O) groups excluding carboxylic acids is 1. The summed E-state index contributed by atoms with van der Waals surface area (Å²) >= 11 is 0. The van der Waals surface area contributed by atoms with E-state index in [4.69, 9.17) is 14.7 Å². The van der Waals surface area contributed by atoms with Crippen LogP contribution in [0.25, 0.3) is 33.2 Å². The van der Waals surface area contributed by atoms with Crippen molar-refractivity contribution in [2.45, 2.75) is 40.3 Å². The Kier molecular flexibility index (Phi) is 6.18. The number of imidazole rings is 1. The van der Waals surface area contributed by atoms with Gasteiger partial charge in [0.25, 0.3) is 0 Å². The number of rotatable bonds is 7. The van der Waals surface area contributed by atoms with Crippen molar-refractivity contribution >= 4 is 28.0 Å². The molecule has 0 amide bonds. The van der Waals surface area contributed by atoms with Crippen molar-refractivity contribution in [2.75, 3.05) is 7.11 Å². The van der Waals surface area contributed by atoms with Crippen molar-refractivity contribution in [3.63, 3.8) is 0 Å². The highest BCUT2D eigenvalue weighted by Crippen LogP contribution is 2.36. The molecule has 0 N–H and O–H groups in total. The normalized spacial score (nSPS) is 11.3. The van der Waals surface area contributed by atoms with Gasteiger partial charge >= 0.3 is 5.97 Å². The number of allylic oxidation sites excluding steroid dienone is 1. The Labute approximate surface area is 210 Å². The second-order valence-electron chi connectivity index (χ2n) is 9.05. The monoisotopic (exact) mass is 478 g/mol. The topological polar surface area (TPSA) is 61.9 Å². The van der Waals surface area contributed by atoms with Crippen LogP contribution in [0.3, 0.4) is 0 Å². The molecule has 0 aliphatic heterocycles. The Morgan fingerprint density at radius 3 is 2.50 bits per heavy atom. The smallest absolute Gasteiger partial charge is 0.355 e. The van der Waals surface area contributed by atoms with Gasteiger partial charge in [0.05, 0.1) is 13.7 Å². The second kappa shape index (κ2) is 9.46. The Morgan fingerprint density at radius 1 is 1.06 bits per heavy atom. The summed E-state index contributed by atoms with van der Waals surface area (Å²) in [5.41, 5.74) is 8.53. The quantitative estimate of drug-likeness (QED) is 0.205. The number of aryl methyl sites for hydroxylation is 3. The maximum Gasteiger partial charge on any atom is 0.355 e. The first-order chi connectivity index (χ1) is 17.5. The number of para-hydroxylation sites is 1. The van der Waals surface area contributed by atoms with Gasteiger partial charge in [0, 0.05) is 35.1 Å². The molecule has 0 atom stereocenters. The van der Waals surface area contributed by atoms with Crippen molar-refractivity contribution in [3.8, 4) is 11.1 Å². The molecule has 2 aromatic carbocycles. The van der Waals surface area contributed by atoms with Crippen LogP contribution < -0.4 is 0 Å². The van der Waals surface area contributed by atoms with Crippen molar-refractivity contribution in [1.82, 2.24) is 19.1 Å². The van der Waals surface area contributed by atoms with Crippen LogP contribution in [-0.4, -0.2) is 32.2 Å². The number of esters is 1. The molecular weight excluding hydrogens is 448 g/mol. The van der Waals surface area contributed by atoms with Crippen molar-refractivity contribution in [2.24, 2.45) is 0 Å². The van der Waals surface area contributed by atoms with Gasteiger partial charge in [-0.2, -0.15) is 0 Å². The standard InChI is InChI=1S/C30H30N4O2/c1-6-16-33-24-11-9-8-10-23(24)26(28(33)30(35)36-5)22-14-12-21(13-15-22)18-34-25(7-2)32-27-19(3)17-20(4)31-29(27)34/h6,8-15,17H,1,7,16,18H2,2-5H3.